The Morgan fingerprint density at radius 2 is 1.78 bits per heavy atom. The van der Waals surface area contributed by atoms with Gasteiger partial charge in [0.25, 0.3) is 0 Å². The molecule has 5 nitrogen and oxygen atoms in total. The summed E-state index contributed by atoms with van der Waals surface area (Å²) in [5.74, 6) is 0.556. The monoisotopic (exact) mass is 250 g/mol. The summed E-state index contributed by atoms with van der Waals surface area (Å²) in [5.41, 5.74) is 1.73. The summed E-state index contributed by atoms with van der Waals surface area (Å²) in [6.45, 7) is 4.27. The van der Waals surface area contributed by atoms with Gasteiger partial charge in [0.1, 0.15) is 0 Å². The van der Waals surface area contributed by atoms with Crippen LogP contribution in [0.4, 0.5) is 5.95 Å². The number of nitrogens with one attached hydrogen (secondary N) is 1. The van der Waals surface area contributed by atoms with E-state index in [4.69, 9.17) is 0 Å². The highest BCUT2D eigenvalue weighted by Gasteiger charge is 2.33. The summed E-state index contributed by atoms with van der Waals surface area (Å²) in [6.07, 6.45) is 5.96. The number of hydrogen-bond donors (Lipinski definition) is 2. The Hall–Kier alpha value is -1.23. The second kappa shape index (κ2) is 5.61. The lowest BCUT2D eigenvalue weighted by Crippen LogP contribution is -2.39. The quantitative estimate of drug-likeness (QED) is 0.832. The van der Waals surface area contributed by atoms with Crippen LogP contribution in [-0.2, 0) is 12.8 Å². The van der Waals surface area contributed by atoms with Gasteiger partial charge < -0.3 is 10.4 Å². The Labute approximate surface area is 108 Å². The normalized spacial score (nSPS) is 17.9. The first-order chi connectivity index (χ1) is 8.73. The summed E-state index contributed by atoms with van der Waals surface area (Å²) in [7, 11) is 0. The van der Waals surface area contributed by atoms with Crippen molar-refractivity contribution in [2.45, 2.75) is 57.9 Å². The summed E-state index contributed by atoms with van der Waals surface area (Å²) in [6, 6.07) is 0. The van der Waals surface area contributed by atoms with Crippen LogP contribution >= 0.6 is 0 Å². The number of anilines is 1. The summed E-state index contributed by atoms with van der Waals surface area (Å²) < 4.78 is 0. The van der Waals surface area contributed by atoms with Crippen molar-refractivity contribution in [3.63, 3.8) is 0 Å². The average molecular weight is 250 g/mol. The fourth-order valence-electron chi connectivity index (χ4n) is 2.60. The van der Waals surface area contributed by atoms with E-state index in [1.807, 2.05) is 0 Å². The minimum absolute atomic E-state index is 0.132. The van der Waals surface area contributed by atoms with E-state index in [9.17, 15) is 5.11 Å². The molecule has 1 saturated carbocycles. The number of aryl methyl sites for hydroxylation is 2. The molecule has 2 N–H and O–H groups in total. The van der Waals surface area contributed by atoms with E-state index < -0.39 is 0 Å². The number of aliphatic hydroxyl groups is 1. The minimum Gasteiger partial charge on any atom is -0.394 e. The van der Waals surface area contributed by atoms with Crippen molar-refractivity contribution in [3.05, 3.63) is 11.4 Å². The standard InChI is InChI=1S/C13H22N4O/c1-3-10-11(4-2)16-17-12(14-10)15-13(9-18)7-5-6-8-13/h18H,3-9H2,1-2H3,(H,14,15,17). The van der Waals surface area contributed by atoms with Crippen LogP contribution in [0, 0.1) is 0 Å². The van der Waals surface area contributed by atoms with E-state index in [2.05, 4.69) is 34.3 Å². The van der Waals surface area contributed by atoms with Crippen molar-refractivity contribution in [2.24, 2.45) is 0 Å². The molecule has 0 amide bonds. The van der Waals surface area contributed by atoms with Crippen LogP contribution in [0.25, 0.3) is 0 Å². The van der Waals surface area contributed by atoms with Gasteiger partial charge in [0.2, 0.25) is 5.95 Å². The number of nitrogens with zero attached hydrogens (tertiary/aromatic N) is 3. The third-order valence-corrected chi connectivity index (χ3v) is 3.75. The maximum Gasteiger partial charge on any atom is 0.243 e. The zero-order valence-corrected chi connectivity index (χ0v) is 11.2. The molecule has 0 bridgehead atoms. The minimum atomic E-state index is -0.236. The molecule has 5 heteroatoms. The zero-order chi connectivity index (χ0) is 13.0. The maximum atomic E-state index is 9.57. The molecule has 18 heavy (non-hydrogen) atoms. The molecule has 0 unspecified atom stereocenters. The molecule has 1 aliphatic carbocycles. The highest BCUT2D eigenvalue weighted by Crippen LogP contribution is 2.31. The third-order valence-electron chi connectivity index (χ3n) is 3.75. The molecule has 0 aliphatic heterocycles. The molecule has 1 fully saturated rings. The maximum absolute atomic E-state index is 9.57. The molecule has 1 heterocycles. The van der Waals surface area contributed by atoms with E-state index >= 15 is 0 Å². The van der Waals surface area contributed by atoms with Gasteiger partial charge in [-0.25, -0.2) is 4.98 Å². The van der Waals surface area contributed by atoms with Gasteiger partial charge >= 0.3 is 0 Å². The third kappa shape index (κ3) is 2.61. The van der Waals surface area contributed by atoms with Crippen LogP contribution in [0.5, 0.6) is 0 Å². The second-order valence-electron chi connectivity index (χ2n) is 5.01. The van der Waals surface area contributed by atoms with Gasteiger partial charge in [0, 0.05) is 0 Å². The van der Waals surface area contributed by atoms with Gasteiger partial charge in [-0.2, -0.15) is 5.10 Å². The van der Waals surface area contributed by atoms with Crippen molar-refractivity contribution < 1.29 is 5.11 Å². The van der Waals surface area contributed by atoms with Crippen molar-refractivity contribution in [1.29, 1.82) is 0 Å². The Kier molecular flexibility index (Phi) is 4.11. The molecule has 0 radical (unpaired) electrons. The summed E-state index contributed by atoms with van der Waals surface area (Å²) in [4.78, 5) is 4.52. The Morgan fingerprint density at radius 1 is 1.11 bits per heavy atom. The van der Waals surface area contributed by atoms with E-state index in [1.165, 1.54) is 0 Å². The molecule has 1 aromatic heterocycles. The predicted octanol–water partition coefficient (Wildman–Crippen LogP) is 1.71. The van der Waals surface area contributed by atoms with Crippen LogP contribution in [0.3, 0.4) is 0 Å². The van der Waals surface area contributed by atoms with Crippen LogP contribution in [0.2, 0.25) is 0 Å². The van der Waals surface area contributed by atoms with Gasteiger partial charge in [0.15, 0.2) is 0 Å². The van der Waals surface area contributed by atoms with E-state index in [-0.39, 0.29) is 12.1 Å². The molecule has 100 valence electrons. The smallest absolute Gasteiger partial charge is 0.243 e. The number of rotatable bonds is 5. The largest absolute Gasteiger partial charge is 0.394 e. The summed E-state index contributed by atoms with van der Waals surface area (Å²) >= 11 is 0. The number of aliphatic hydroxyl groups excluding tert-OH is 1. The van der Waals surface area contributed by atoms with Crippen molar-refractivity contribution in [2.75, 3.05) is 11.9 Å². The fraction of sp³-hybridized carbons (Fsp3) is 0.769. The molecule has 0 aromatic carbocycles. The molecule has 0 spiro atoms. The first-order valence-corrected chi connectivity index (χ1v) is 6.84. The Morgan fingerprint density at radius 3 is 2.33 bits per heavy atom. The van der Waals surface area contributed by atoms with Crippen LogP contribution in [0.1, 0.15) is 50.9 Å². The van der Waals surface area contributed by atoms with Crippen molar-refractivity contribution in [3.8, 4) is 0 Å². The first kappa shape index (κ1) is 13.2. The SMILES string of the molecule is CCc1nnc(NC2(CO)CCCC2)nc1CC. The molecule has 1 aliphatic rings. The lowest BCUT2D eigenvalue weighted by Gasteiger charge is -2.27. The topological polar surface area (TPSA) is 70.9 Å². The highest BCUT2D eigenvalue weighted by atomic mass is 16.3. The van der Waals surface area contributed by atoms with Crippen molar-refractivity contribution >= 4 is 5.95 Å². The molecule has 0 atom stereocenters. The Balaban J connectivity index is 2.18. The molecule has 1 aromatic rings. The number of aromatic nitrogens is 3. The van der Waals surface area contributed by atoms with Crippen molar-refractivity contribution in [1.82, 2.24) is 15.2 Å². The average Bonchev–Trinajstić information content (AvgIpc) is 2.87. The Bertz CT molecular complexity index is 402. The van der Waals surface area contributed by atoms with E-state index in [1.54, 1.807) is 0 Å². The van der Waals surface area contributed by atoms with Gasteiger partial charge in [-0.15, -0.1) is 5.10 Å². The van der Waals surface area contributed by atoms with E-state index in [0.29, 0.717) is 5.95 Å². The predicted molar refractivity (Wildman–Crippen MR) is 70.5 cm³/mol. The zero-order valence-electron chi connectivity index (χ0n) is 11.2. The molecular weight excluding hydrogens is 228 g/mol. The molecular formula is C13H22N4O. The molecule has 0 saturated heterocycles. The van der Waals surface area contributed by atoms with Gasteiger partial charge in [-0.1, -0.05) is 26.7 Å². The van der Waals surface area contributed by atoms with E-state index in [0.717, 1.165) is 49.9 Å². The highest BCUT2D eigenvalue weighted by molar-refractivity contribution is 5.31. The molecule has 2 rings (SSSR count). The summed E-state index contributed by atoms with van der Waals surface area (Å²) in [5, 5.41) is 21.2. The van der Waals surface area contributed by atoms with Gasteiger partial charge in [-0.05, 0) is 25.7 Å². The lowest BCUT2D eigenvalue weighted by molar-refractivity contribution is 0.213. The lowest BCUT2D eigenvalue weighted by atomic mass is 9.99. The fourth-order valence-corrected chi connectivity index (χ4v) is 2.60. The number of hydrogen-bond acceptors (Lipinski definition) is 5. The van der Waals surface area contributed by atoms with Crippen LogP contribution in [0.15, 0.2) is 0 Å². The first-order valence-electron chi connectivity index (χ1n) is 6.84. The second-order valence-corrected chi connectivity index (χ2v) is 5.01. The van der Waals surface area contributed by atoms with Crippen LogP contribution < -0.4 is 5.32 Å². The van der Waals surface area contributed by atoms with Gasteiger partial charge in [-0.3, -0.25) is 0 Å². The van der Waals surface area contributed by atoms with Crippen LogP contribution in [-0.4, -0.2) is 32.4 Å². The van der Waals surface area contributed by atoms with Gasteiger partial charge in [0.05, 0.1) is 23.5 Å².